The molecule has 0 aliphatic carbocycles. The van der Waals surface area contributed by atoms with Gasteiger partial charge in [0.15, 0.2) is 0 Å². The van der Waals surface area contributed by atoms with E-state index in [1.165, 1.54) is 6.07 Å². The molecule has 1 aliphatic rings. The molecule has 1 aromatic rings. The number of hydrogen-bond donors (Lipinski definition) is 1. The molecule has 1 atom stereocenters. The van der Waals surface area contributed by atoms with Crippen LogP contribution in [0.5, 0.6) is 0 Å². The summed E-state index contributed by atoms with van der Waals surface area (Å²) in [6, 6.07) is 3.11. The van der Waals surface area contributed by atoms with Crippen LogP contribution in [0.25, 0.3) is 0 Å². The first-order chi connectivity index (χ1) is 8.72. The van der Waals surface area contributed by atoms with Crippen LogP contribution in [0, 0.1) is 16.0 Å². The van der Waals surface area contributed by atoms with E-state index in [9.17, 15) is 10.1 Å². The third kappa shape index (κ3) is 2.76. The second kappa shape index (κ2) is 5.77. The van der Waals surface area contributed by atoms with Gasteiger partial charge in [-0.15, -0.1) is 0 Å². The van der Waals surface area contributed by atoms with E-state index in [0.717, 1.165) is 32.4 Å². The molecule has 18 heavy (non-hydrogen) atoms. The Labute approximate surface area is 106 Å². The Balaban J connectivity index is 2.18. The maximum absolute atomic E-state index is 11.0. The van der Waals surface area contributed by atoms with E-state index in [4.69, 9.17) is 5.73 Å². The van der Waals surface area contributed by atoms with Crippen LogP contribution in [0.2, 0.25) is 0 Å². The average molecular weight is 250 g/mol. The van der Waals surface area contributed by atoms with Gasteiger partial charge in [0.25, 0.3) is 0 Å². The molecule has 0 aromatic carbocycles. The fourth-order valence-electron chi connectivity index (χ4n) is 2.50. The molecule has 2 rings (SSSR count). The van der Waals surface area contributed by atoms with Crippen molar-refractivity contribution in [2.75, 3.05) is 24.5 Å². The molecular weight excluding hydrogens is 232 g/mol. The van der Waals surface area contributed by atoms with Gasteiger partial charge in [-0.3, -0.25) is 10.1 Å². The minimum Gasteiger partial charge on any atom is -0.351 e. The van der Waals surface area contributed by atoms with Crippen molar-refractivity contribution in [3.05, 3.63) is 28.4 Å². The predicted octanol–water partition coefficient (Wildman–Crippen LogP) is 1.55. The molecule has 0 spiro atoms. The van der Waals surface area contributed by atoms with Crippen molar-refractivity contribution in [3.8, 4) is 0 Å². The van der Waals surface area contributed by atoms with Gasteiger partial charge in [0.05, 0.1) is 4.92 Å². The first-order valence-corrected chi connectivity index (χ1v) is 6.26. The van der Waals surface area contributed by atoms with Crippen molar-refractivity contribution >= 4 is 11.5 Å². The zero-order valence-corrected chi connectivity index (χ0v) is 10.3. The fraction of sp³-hybridized carbons (Fsp3) is 0.583. The number of hydrogen-bond acceptors (Lipinski definition) is 5. The van der Waals surface area contributed by atoms with Gasteiger partial charge in [0.2, 0.25) is 5.82 Å². The van der Waals surface area contributed by atoms with E-state index >= 15 is 0 Å². The lowest BCUT2D eigenvalue weighted by molar-refractivity contribution is -0.384. The smallest absolute Gasteiger partial charge is 0.311 e. The molecule has 0 bridgehead atoms. The highest BCUT2D eigenvalue weighted by Crippen LogP contribution is 2.29. The predicted molar refractivity (Wildman–Crippen MR) is 69.5 cm³/mol. The highest BCUT2D eigenvalue weighted by atomic mass is 16.6. The van der Waals surface area contributed by atoms with Crippen LogP contribution in [0.3, 0.4) is 0 Å². The first kappa shape index (κ1) is 12.8. The number of anilines is 1. The number of rotatable bonds is 4. The summed E-state index contributed by atoms with van der Waals surface area (Å²) in [7, 11) is 0. The van der Waals surface area contributed by atoms with Crippen molar-refractivity contribution in [3.63, 3.8) is 0 Å². The third-order valence-electron chi connectivity index (χ3n) is 3.36. The van der Waals surface area contributed by atoms with Crippen LogP contribution >= 0.6 is 0 Å². The van der Waals surface area contributed by atoms with Gasteiger partial charge in [0.1, 0.15) is 0 Å². The van der Waals surface area contributed by atoms with Gasteiger partial charge in [-0.25, -0.2) is 4.98 Å². The Hall–Kier alpha value is -1.69. The largest absolute Gasteiger partial charge is 0.351 e. The Bertz CT molecular complexity index is 422. The minimum atomic E-state index is -0.366. The van der Waals surface area contributed by atoms with Gasteiger partial charge in [-0.05, 0) is 37.8 Å². The molecule has 2 N–H and O–H groups in total. The number of nitro groups is 1. The second-order valence-corrected chi connectivity index (χ2v) is 4.63. The van der Waals surface area contributed by atoms with Crippen LogP contribution < -0.4 is 10.6 Å². The molecule has 1 aromatic heterocycles. The summed E-state index contributed by atoms with van der Waals surface area (Å²) in [4.78, 5) is 16.8. The fourth-order valence-corrected chi connectivity index (χ4v) is 2.50. The quantitative estimate of drug-likeness (QED) is 0.647. The zero-order valence-electron chi connectivity index (χ0n) is 10.3. The molecule has 1 aliphatic heterocycles. The van der Waals surface area contributed by atoms with Crippen LogP contribution in [-0.2, 0) is 0 Å². The molecule has 2 heterocycles. The standard InChI is InChI=1S/C12H18N4O2/c13-6-5-10-3-2-8-15(9-10)12-11(16(17)18)4-1-7-14-12/h1,4,7,10H,2-3,5-6,8-9,13H2. The average Bonchev–Trinajstić information content (AvgIpc) is 2.39. The summed E-state index contributed by atoms with van der Waals surface area (Å²) in [6.45, 7) is 2.32. The molecule has 1 saturated heterocycles. The monoisotopic (exact) mass is 250 g/mol. The van der Waals surface area contributed by atoms with E-state index in [-0.39, 0.29) is 10.6 Å². The van der Waals surface area contributed by atoms with Crippen molar-refractivity contribution < 1.29 is 4.92 Å². The third-order valence-corrected chi connectivity index (χ3v) is 3.36. The number of pyridine rings is 1. The van der Waals surface area contributed by atoms with Crippen LogP contribution in [0.15, 0.2) is 18.3 Å². The molecule has 0 radical (unpaired) electrons. The Morgan fingerprint density at radius 1 is 1.61 bits per heavy atom. The molecule has 0 amide bonds. The van der Waals surface area contributed by atoms with Gasteiger partial charge < -0.3 is 10.6 Å². The maximum Gasteiger partial charge on any atom is 0.311 e. The van der Waals surface area contributed by atoms with E-state index in [1.807, 2.05) is 4.90 Å². The van der Waals surface area contributed by atoms with Crippen molar-refractivity contribution in [1.82, 2.24) is 4.98 Å². The van der Waals surface area contributed by atoms with Crippen molar-refractivity contribution in [2.24, 2.45) is 11.7 Å². The van der Waals surface area contributed by atoms with E-state index < -0.39 is 0 Å². The van der Waals surface area contributed by atoms with E-state index in [1.54, 1.807) is 12.3 Å². The van der Waals surface area contributed by atoms with Gasteiger partial charge in [-0.2, -0.15) is 0 Å². The summed E-state index contributed by atoms with van der Waals surface area (Å²) >= 11 is 0. The lowest BCUT2D eigenvalue weighted by Crippen LogP contribution is -2.37. The Kier molecular flexibility index (Phi) is 4.09. The molecular formula is C12H18N4O2. The van der Waals surface area contributed by atoms with E-state index in [0.29, 0.717) is 18.3 Å². The normalized spacial score (nSPS) is 19.8. The van der Waals surface area contributed by atoms with Crippen molar-refractivity contribution in [1.29, 1.82) is 0 Å². The molecule has 0 saturated carbocycles. The summed E-state index contributed by atoms with van der Waals surface area (Å²) in [5, 5.41) is 11.0. The molecule has 6 nitrogen and oxygen atoms in total. The SMILES string of the molecule is NCCC1CCCN(c2ncccc2[N+](=O)[O-])C1. The van der Waals surface area contributed by atoms with Crippen LogP contribution in [0.1, 0.15) is 19.3 Å². The minimum absolute atomic E-state index is 0.0888. The van der Waals surface area contributed by atoms with Gasteiger partial charge in [0, 0.05) is 25.4 Å². The first-order valence-electron chi connectivity index (χ1n) is 6.26. The number of nitrogens with two attached hydrogens (primary N) is 1. The van der Waals surface area contributed by atoms with Crippen LogP contribution in [-0.4, -0.2) is 29.5 Å². The summed E-state index contributed by atoms with van der Waals surface area (Å²) < 4.78 is 0. The summed E-state index contributed by atoms with van der Waals surface area (Å²) in [5.74, 6) is 1.01. The Morgan fingerprint density at radius 2 is 2.44 bits per heavy atom. The van der Waals surface area contributed by atoms with E-state index in [2.05, 4.69) is 4.98 Å². The second-order valence-electron chi connectivity index (χ2n) is 4.63. The highest BCUT2D eigenvalue weighted by Gasteiger charge is 2.25. The topological polar surface area (TPSA) is 85.3 Å². The number of aromatic nitrogens is 1. The Morgan fingerprint density at radius 3 is 3.17 bits per heavy atom. The zero-order chi connectivity index (χ0) is 13.0. The molecule has 6 heteroatoms. The number of piperidine rings is 1. The summed E-state index contributed by atoms with van der Waals surface area (Å²) in [6.07, 6.45) is 4.76. The lowest BCUT2D eigenvalue weighted by Gasteiger charge is -2.33. The van der Waals surface area contributed by atoms with Gasteiger partial charge >= 0.3 is 5.69 Å². The molecule has 98 valence electrons. The molecule has 1 fully saturated rings. The number of nitrogens with zero attached hydrogens (tertiary/aromatic N) is 3. The van der Waals surface area contributed by atoms with Crippen molar-refractivity contribution in [2.45, 2.75) is 19.3 Å². The maximum atomic E-state index is 11.0. The molecule has 1 unspecified atom stereocenters. The lowest BCUT2D eigenvalue weighted by atomic mass is 9.95. The highest BCUT2D eigenvalue weighted by molar-refractivity contribution is 5.57. The summed E-state index contributed by atoms with van der Waals surface area (Å²) in [5.41, 5.74) is 5.67. The van der Waals surface area contributed by atoms with Gasteiger partial charge in [-0.1, -0.05) is 0 Å². The van der Waals surface area contributed by atoms with Crippen LogP contribution in [0.4, 0.5) is 11.5 Å².